The predicted molar refractivity (Wildman–Crippen MR) is 101 cm³/mol. The van der Waals surface area contributed by atoms with Crippen LogP contribution < -0.4 is 22.1 Å². The predicted octanol–water partition coefficient (Wildman–Crippen LogP) is 0.589. The van der Waals surface area contributed by atoms with Crippen molar-refractivity contribution in [3.8, 4) is 0 Å². The number of nitrogens with two attached hydrogens (primary N) is 2. The van der Waals surface area contributed by atoms with Crippen LogP contribution in [-0.4, -0.2) is 47.6 Å². The molecule has 0 fully saturated rings. The van der Waals surface area contributed by atoms with E-state index in [1.165, 1.54) is 0 Å². The van der Waals surface area contributed by atoms with Crippen molar-refractivity contribution in [2.75, 3.05) is 6.54 Å². The van der Waals surface area contributed by atoms with Crippen molar-refractivity contribution in [3.05, 3.63) is 0 Å². The molecule has 0 saturated heterocycles. The summed E-state index contributed by atoms with van der Waals surface area (Å²) in [5.41, 5.74) is 11.4. The largest absolute Gasteiger partial charge is 0.480 e. The number of hydrogen-bond acceptors (Lipinski definition) is 5. The summed E-state index contributed by atoms with van der Waals surface area (Å²) in [6.07, 6.45) is 2.81. The van der Waals surface area contributed by atoms with E-state index >= 15 is 0 Å². The van der Waals surface area contributed by atoms with E-state index in [0.717, 1.165) is 6.42 Å². The molecule has 4 atom stereocenters. The maximum Gasteiger partial charge on any atom is 0.326 e. The number of amides is 2. The fourth-order valence-electron chi connectivity index (χ4n) is 2.51. The molecule has 0 aromatic carbocycles. The molecule has 2 amide bonds. The minimum atomic E-state index is -1.09. The van der Waals surface area contributed by atoms with E-state index in [1.807, 2.05) is 27.7 Å². The third kappa shape index (κ3) is 9.15. The van der Waals surface area contributed by atoms with Crippen LogP contribution in [0.15, 0.2) is 0 Å². The van der Waals surface area contributed by atoms with Gasteiger partial charge in [0.25, 0.3) is 0 Å². The summed E-state index contributed by atoms with van der Waals surface area (Å²) in [5, 5.41) is 14.5. The molecular formula is C18H36N4O4. The van der Waals surface area contributed by atoms with Gasteiger partial charge < -0.3 is 27.2 Å². The molecule has 0 aromatic heterocycles. The van der Waals surface area contributed by atoms with Gasteiger partial charge in [-0.3, -0.25) is 9.59 Å². The van der Waals surface area contributed by atoms with Crippen molar-refractivity contribution in [2.45, 2.75) is 77.9 Å². The second-order valence-corrected chi connectivity index (χ2v) is 7.29. The van der Waals surface area contributed by atoms with E-state index in [0.29, 0.717) is 32.2 Å². The van der Waals surface area contributed by atoms with E-state index in [-0.39, 0.29) is 11.8 Å². The maximum atomic E-state index is 12.6. The lowest BCUT2D eigenvalue weighted by molar-refractivity contribution is -0.142. The van der Waals surface area contributed by atoms with Gasteiger partial charge in [0.2, 0.25) is 11.8 Å². The Kier molecular flexibility index (Phi) is 11.8. The topological polar surface area (TPSA) is 148 Å². The summed E-state index contributed by atoms with van der Waals surface area (Å²) in [7, 11) is 0. The first kappa shape index (κ1) is 24.3. The average molecular weight is 373 g/mol. The number of carbonyl (C=O) groups is 3. The lowest BCUT2D eigenvalue weighted by Crippen LogP contribution is -2.55. The summed E-state index contributed by atoms with van der Waals surface area (Å²) < 4.78 is 0. The van der Waals surface area contributed by atoms with E-state index in [2.05, 4.69) is 10.6 Å². The van der Waals surface area contributed by atoms with Gasteiger partial charge in [0.15, 0.2) is 0 Å². The van der Waals surface area contributed by atoms with Crippen molar-refractivity contribution < 1.29 is 19.5 Å². The minimum Gasteiger partial charge on any atom is -0.480 e. The zero-order valence-corrected chi connectivity index (χ0v) is 16.5. The molecule has 7 N–H and O–H groups in total. The molecule has 0 spiro atoms. The van der Waals surface area contributed by atoms with Crippen molar-refractivity contribution in [2.24, 2.45) is 23.3 Å². The first-order chi connectivity index (χ1) is 12.1. The molecule has 4 unspecified atom stereocenters. The van der Waals surface area contributed by atoms with Crippen LogP contribution in [0.2, 0.25) is 0 Å². The molecule has 0 aromatic rings. The van der Waals surface area contributed by atoms with Crippen molar-refractivity contribution in [3.63, 3.8) is 0 Å². The number of hydrogen-bond donors (Lipinski definition) is 5. The lowest BCUT2D eigenvalue weighted by Gasteiger charge is -2.25. The first-order valence-electron chi connectivity index (χ1n) is 9.43. The van der Waals surface area contributed by atoms with Crippen LogP contribution in [0, 0.1) is 11.8 Å². The molecule has 8 nitrogen and oxygen atoms in total. The monoisotopic (exact) mass is 372 g/mol. The Morgan fingerprint density at radius 1 is 1.00 bits per heavy atom. The molecule has 8 heteroatoms. The Labute approximate surface area is 156 Å². The Morgan fingerprint density at radius 2 is 1.58 bits per heavy atom. The Hall–Kier alpha value is -1.67. The molecule has 0 aliphatic rings. The Morgan fingerprint density at radius 3 is 2.04 bits per heavy atom. The minimum absolute atomic E-state index is 0.0181. The Balaban J connectivity index is 5.05. The SMILES string of the molecule is CCC(C)C(N)C(=O)NC(CCCCN)C(=O)NC(CC(C)C)C(=O)O. The number of carbonyl (C=O) groups excluding carboxylic acids is 2. The third-order valence-electron chi connectivity index (χ3n) is 4.46. The molecule has 152 valence electrons. The molecule has 0 rings (SSSR count). The van der Waals surface area contributed by atoms with Crippen LogP contribution >= 0.6 is 0 Å². The van der Waals surface area contributed by atoms with Crippen LogP contribution in [-0.2, 0) is 14.4 Å². The van der Waals surface area contributed by atoms with E-state index in [1.54, 1.807) is 0 Å². The molecular weight excluding hydrogens is 336 g/mol. The van der Waals surface area contributed by atoms with Gasteiger partial charge in [0, 0.05) is 0 Å². The van der Waals surface area contributed by atoms with Crippen LogP contribution in [0.4, 0.5) is 0 Å². The lowest BCUT2D eigenvalue weighted by atomic mass is 9.98. The highest BCUT2D eigenvalue weighted by molar-refractivity contribution is 5.91. The van der Waals surface area contributed by atoms with Crippen LogP contribution in [0.3, 0.4) is 0 Å². The molecule has 0 aliphatic heterocycles. The molecule has 0 heterocycles. The van der Waals surface area contributed by atoms with E-state index in [9.17, 15) is 19.5 Å². The van der Waals surface area contributed by atoms with Gasteiger partial charge in [-0.05, 0) is 44.1 Å². The van der Waals surface area contributed by atoms with Gasteiger partial charge in [0.05, 0.1) is 6.04 Å². The zero-order valence-electron chi connectivity index (χ0n) is 16.5. The highest BCUT2D eigenvalue weighted by Gasteiger charge is 2.29. The average Bonchev–Trinajstić information content (AvgIpc) is 2.58. The fraction of sp³-hybridized carbons (Fsp3) is 0.833. The number of nitrogens with one attached hydrogen (secondary N) is 2. The summed E-state index contributed by atoms with van der Waals surface area (Å²) in [6.45, 7) is 8.06. The highest BCUT2D eigenvalue weighted by Crippen LogP contribution is 2.09. The van der Waals surface area contributed by atoms with Gasteiger partial charge in [-0.15, -0.1) is 0 Å². The van der Waals surface area contributed by atoms with Crippen molar-refractivity contribution in [1.82, 2.24) is 10.6 Å². The van der Waals surface area contributed by atoms with Gasteiger partial charge >= 0.3 is 5.97 Å². The second-order valence-electron chi connectivity index (χ2n) is 7.29. The smallest absolute Gasteiger partial charge is 0.326 e. The van der Waals surface area contributed by atoms with Crippen LogP contribution in [0.5, 0.6) is 0 Å². The van der Waals surface area contributed by atoms with E-state index < -0.39 is 35.9 Å². The summed E-state index contributed by atoms with van der Waals surface area (Å²) in [5.74, 6) is -1.89. The van der Waals surface area contributed by atoms with Crippen molar-refractivity contribution >= 4 is 17.8 Å². The quantitative estimate of drug-likeness (QED) is 0.299. The summed E-state index contributed by atoms with van der Waals surface area (Å²) in [6, 6.07) is -2.52. The molecule has 26 heavy (non-hydrogen) atoms. The fourth-order valence-corrected chi connectivity index (χ4v) is 2.51. The number of carboxylic acid groups (broad SMARTS) is 1. The van der Waals surface area contributed by atoms with Gasteiger partial charge in [-0.2, -0.15) is 0 Å². The molecule has 0 radical (unpaired) electrons. The number of aliphatic carboxylic acids is 1. The summed E-state index contributed by atoms with van der Waals surface area (Å²) >= 11 is 0. The third-order valence-corrected chi connectivity index (χ3v) is 4.46. The highest BCUT2D eigenvalue weighted by atomic mass is 16.4. The molecule has 0 bridgehead atoms. The van der Waals surface area contributed by atoms with Gasteiger partial charge in [-0.25, -0.2) is 4.79 Å². The van der Waals surface area contributed by atoms with Crippen molar-refractivity contribution in [1.29, 1.82) is 0 Å². The standard InChI is InChI=1S/C18H36N4O4/c1-5-12(4)15(20)17(24)21-13(8-6-7-9-19)16(23)22-14(18(25)26)10-11(2)3/h11-15H,5-10,19-20H2,1-4H3,(H,21,24)(H,22,23)(H,25,26). The second kappa shape index (κ2) is 12.6. The van der Waals surface area contributed by atoms with E-state index in [4.69, 9.17) is 11.5 Å². The summed E-state index contributed by atoms with van der Waals surface area (Å²) in [4.78, 5) is 36.3. The van der Waals surface area contributed by atoms with Gasteiger partial charge in [-0.1, -0.05) is 34.1 Å². The van der Waals surface area contributed by atoms with Gasteiger partial charge in [0.1, 0.15) is 12.1 Å². The molecule has 0 saturated carbocycles. The normalized spacial score (nSPS) is 15.8. The number of unbranched alkanes of at least 4 members (excludes halogenated alkanes) is 1. The molecule has 0 aliphatic carbocycles. The maximum absolute atomic E-state index is 12.6. The van der Waals surface area contributed by atoms with Crippen LogP contribution in [0.1, 0.15) is 59.8 Å². The first-order valence-corrected chi connectivity index (χ1v) is 9.43. The zero-order chi connectivity index (χ0) is 20.3. The van der Waals surface area contributed by atoms with Crippen LogP contribution in [0.25, 0.3) is 0 Å². The number of carboxylic acids is 1. The Bertz CT molecular complexity index is 456. The number of rotatable bonds is 13.